The van der Waals surface area contributed by atoms with E-state index < -0.39 is 12.7 Å². The van der Waals surface area contributed by atoms with Crippen LogP contribution in [0.2, 0.25) is 5.02 Å². The highest BCUT2D eigenvalue weighted by Gasteiger charge is 2.17. The molecule has 21 heavy (non-hydrogen) atoms. The zero-order chi connectivity index (χ0) is 15.4. The number of hydrogen-bond acceptors (Lipinski definition) is 3. The van der Waals surface area contributed by atoms with Crippen LogP contribution in [0.3, 0.4) is 0 Å². The zero-order valence-electron chi connectivity index (χ0n) is 11.2. The van der Waals surface area contributed by atoms with Crippen molar-refractivity contribution >= 4 is 11.6 Å². The summed E-state index contributed by atoms with van der Waals surface area (Å²) in [4.78, 5) is 0. The van der Waals surface area contributed by atoms with Crippen molar-refractivity contribution in [3.63, 3.8) is 0 Å². The Balaban J connectivity index is 2.38. The molecule has 0 fully saturated rings. The highest BCUT2D eigenvalue weighted by molar-refractivity contribution is 6.32. The Bertz CT molecular complexity index is 622. The van der Waals surface area contributed by atoms with Crippen molar-refractivity contribution < 1.29 is 18.3 Å². The Kier molecular flexibility index (Phi) is 4.98. The molecule has 0 radical (unpaired) electrons. The van der Waals surface area contributed by atoms with Crippen LogP contribution in [-0.4, -0.2) is 13.7 Å². The fraction of sp³-hybridized carbons (Fsp3) is 0.200. The average Bonchev–Trinajstić information content (AvgIpc) is 2.47. The first-order chi connectivity index (χ1) is 10.0. The summed E-state index contributed by atoms with van der Waals surface area (Å²) in [6.07, 6.45) is 0. The second-order valence-corrected chi connectivity index (χ2v) is 4.70. The lowest BCUT2D eigenvalue weighted by molar-refractivity contribution is -0.0505. The predicted octanol–water partition coefficient (Wildman–Crippen LogP) is 4.00. The smallest absolute Gasteiger partial charge is 0.387 e. The van der Waals surface area contributed by atoms with Crippen molar-refractivity contribution in [3.05, 3.63) is 58.6 Å². The second kappa shape index (κ2) is 6.74. The van der Waals surface area contributed by atoms with Crippen LogP contribution >= 0.6 is 11.6 Å². The van der Waals surface area contributed by atoms with E-state index in [1.165, 1.54) is 13.2 Å². The van der Waals surface area contributed by atoms with Crippen molar-refractivity contribution in [2.45, 2.75) is 12.7 Å². The van der Waals surface area contributed by atoms with E-state index in [2.05, 4.69) is 4.74 Å². The minimum atomic E-state index is -2.90. The number of nitrogens with two attached hydrogens (primary N) is 1. The predicted molar refractivity (Wildman–Crippen MR) is 77.1 cm³/mol. The Labute approximate surface area is 126 Å². The first-order valence-corrected chi connectivity index (χ1v) is 6.53. The number of methoxy groups -OCH3 is 1. The van der Waals surface area contributed by atoms with Gasteiger partial charge in [-0.2, -0.15) is 8.78 Å². The SMILES string of the molecule is COc1cc(C(N)c2ccccc2OC(F)F)ccc1Cl. The summed E-state index contributed by atoms with van der Waals surface area (Å²) in [5, 5.41) is 0.450. The van der Waals surface area contributed by atoms with Crippen LogP contribution in [0.1, 0.15) is 17.2 Å². The molecular weight excluding hydrogens is 300 g/mol. The molecule has 1 unspecified atom stereocenters. The van der Waals surface area contributed by atoms with E-state index in [0.29, 0.717) is 21.9 Å². The van der Waals surface area contributed by atoms with E-state index in [1.807, 2.05) is 0 Å². The molecule has 0 aliphatic rings. The quantitative estimate of drug-likeness (QED) is 0.907. The maximum atomic E-state index is 12.4. The van der Waals surface area contributed by atoms with Crippen LogP contribution in [0.15, 0.2) is 42.5 Å². The number of halogens is 3. The average molecular weight is 314 g/mol. The maximum Gasteiger partial charge on any atom is 0.387 e. The van der Waals surface area contributed by atoms with Gasteiger partial charge in [0.2, 0.25) is 0 Å². The summed E-state index contributed by atoms with van der Waals surface area (Å²) < 4.78 is 34.5. The second-order valence-electron chi connectivity index (χ2n) is 4.29. The molecule has 112 valence electrons. The summed E-state index contributed by atoms with van der Waals surface area (Å²) in [6, 6.07) is 10.8. The molecule has 2 N–H and O–H groups in total. The fourth-order valence-corrected chi connectivity index (χ4v) is 2.18. The van der Waals surface area contributed by atoms with Gasteiger partial charge in [0.05, 0.1) is 18.2 Å². The lowest BCUT2D eigenvalue weighted by Gasteiger charge is -2.18. The molecule has 0 aromatic heterocycles. The van der Waals surface area contributed by atoms with Gasteiger partial charge in [-0.1, -0.05) is 35.9 Å². The van der Waals surface area contributed by atoms with Gasteiger partial charge >= 0.3 is 6.61 Å². The van der Waals surface area contributed by atoms with E-state index in [4.69, 9.17) is 22.1 Å². The first kappa shape index (κ1) is 15.5. The first-order valence-electron chi connectivity index (χ1n) is 6.15. The van der Waals surface area contributed by atoms with Gasteiger partial charge in [-0.05, 0) is 23.8 Å². The summed E-state index contributed by atoms with van der Waals surface area (Å²) in [5.41, 5.74) is 7.29. The van der Waals surface area contributed by atoms with Crippen LogP contribution in [0.5, 0.6) is 11.5 Å². The number of para-hydroxylation sites is 1. The van der Waals surface area contributed by atoms with Gasteiger partial charge in [0, 0.05) is 5.56 Å². The minimum absolute atomic E-state index is 0.0499. The lowest BCUT2D eigenvalue weighted by Crippen LogP contribution is -2.15. The van der Waals surface area contributed by atoms with Crippen LogP contribution in [0.25, 0.3) is 0 Å². The third kappa shape index (κ3) is 3.62. The molecule has 3 nitrogen and oxygen atoms in total. The number of ether oxygens (including phenoxy) is 2. The molecule has 0 heterocycles. The van der Waals surface area contributed by atoms with E-state index >= 15 is 0 Å². The van der Waals surface area contributed by atoms with E-state index in [0.717, 1.165) is 0 Å². The normalized spacial score (nSPS) is 12.3. The third-order valence-corrected chi connectivity index (χ3v) is 3.32. The van der Waals surface area contributed by atoms with Gasteiger partial charge < -0.3 is 15.2 Å². The Hall–Kier alpha value is -1.85. The van der Waals surface area contributed by atoms with Gasteiger partial charge in [-0.15, -0.1) is 0 Å². The summed E-state index contributed by atoms with van der Waals surface area (Å²) >= 11 is 5.96. The molecule has 2 aromatic rings. The molecule has 2 rings (SSSR count). The fourth-order valence-electron chi connectivity index (χ4n) is 1.99. The summed E-state index contributed by atoms with van der Waals surface area (Å²) in [5.74, 6) is 0.519. The molecule has 2 aromatic carbocycles. The topological polar surface area (TPSA) is 44.5 Å². The highest BCUT2D eigenvalue weighted by Crippen LogP contribution is 2.33. The monoisotopic (exact) mass is 313 g/mol. The molecule has 1 atom stereocenters. The molecule has 0 aliphatic carbocycles. The molecule has 0 spiro atoms. The third-order valence-electron chi connectivity index (χ3n) is 3.00. The van der Waals surface area contributed by atoms with E-state index in [1.54, 1.807) is 36.4 Å². The van der Waals surface area contributed by atoms with Crippen molar-refractivity contribution in [2.75, 3.05) is 7.11 Å². The molecule has 0 bridgehead atoms. The molecule has 0 aliphatic heterocycles. The standard InChI is InChI=1S/C15H14ClF2NO2/c1-20-13-8-9(6-7-11(13)16)14(19)10-4-2-3-5-12(10)21-15(17)18/h2-8,14-15H,19H2,1H3. The van der Waals surface area contributed by atoms with Crippen molar-refractivity contribution in [1.82, 2.24) is 0 Å². The molecule has 0 saturated heterocycles. The number of rotatable bonds is 5. The van der Waals surface area contributed by atoms with Gasteiger partial charge in [0.25, 0.3) is 0 Å². The molecule has 0 amide bonds. The van der Waals surface area contributed by atoms with Crippen LogP contribution < -0.4 is 15.2 Å². The minimum Gasteiger partial charge on any atom is -0.495 e. The van der Waals surface area contributed by atoms with E-state index in [9.17, 15) is 8.78 Å². The van der Waals surface area contributed by atoms with Gasteiger partial charge in [-0.25, -0.2) is 0 Å². The number of alkyl halides is 2. The van der Waals surface area contributed by atoms with Crippen molar-refractivity contribution in [2.24, 2.45) is 5.73 Å². The zero-order valence-corrected chi connectivity index (χ0v) is 12.0. The van der Waals surface area contributed by atoms with Crippen LogP contribution in [0.4, 0.5) is 8.78 Å². The highest BCUT2D eigenvalue weighted by atomic mass is 35.5. The Morgan fingerprint density at radius 1 is 1.10 bits per heavy atom. The van der Waals surface area contributed by atoms with Gasteiger partial charge in [0.1, 0.15) is 11.5 Å². The van der Waals surface area contributed by atoms with Crippen LogP contribution in [0, 0.1) is 0 Å². The Morgan fingerprint density at radius 2 is 1.81 bits per heavy atom. The molecule has 6 heteroatoms. The molecular formula is C15H14ClF2NO2. The Morgan fingerprint density at radius 3 is 2.48 bits per heavy atom. The van der Waals surface area contributed by atoms with E-state index in [-0.39, 0.29) is 5.75 Å². The van der Waals surface area contributed by atoms with Crippen molar-refractivity contribution in [3.8, 4) is 11.5 Å². The van der Waals surface area contributed by atoms with Crippen molar-refractivity contribution in [1.29, 1.82) is 0 Å². The molecule has 0 saturated carbocycles. The maximum absolute atomic E-state index is 12.4. The summed E-state index contributed by atoms with van der Waals surface area (Å²) in [6.45, 7) is -2.90. The number of benzene rings is 2. The van der Waals surface area contributed by atoms with Crippen LogP contribution in [-0.2, 0) is 0 Å². The summed E-state index contributed by atoms with van der Waals surface area (Å²) in [7, 11) is 1.49. The lowest BCUT2D eigenvalue weighted by atomic mass is 9.98. The van der Waals surface area contributed by atoms with Gasteiger partial charge in [0.15, 0.2) is 0 Å². The van der Waals surface area contributed by atoms with Gasteiger partial charge in [-0.3, -0.25) is 0 Å². The largest absolute Gasteiger partial charge is 0.495 e. The number of hydrogen-bond donors (Lipinski definition) is 1.